The van der Waals surface area contributed by atoms with Crippen LogP contribution in [0, 0.1) is 23.1 Å². The van der Waals surface area contributed by atoms with Gasteiger partial charge in [0, 0.05) is 41.6 Å². The standard InChI is InChI=1S/C35H28N9O15S2.CO2.5Na/c1-16-10-23(26(59-2)14-22(16)40-38-19-5-3-4-17(11-19)35(49)50)41-42-24-15-27(60(53,54)55)20-13-28(61(56,57)58)33(34(48)31(20)32(24)36)43-39-21-7-6-18(12-25(21)44(51)52)37-29(45)8-9-30(46)47;2-1-3;;;;;/h4-7,10-15,48H,8-9,36H2,1-2H3,(H,37,45)(H,46,47)(H,49,50)(H,53,54,55)(H,56,57,58);;;;;;/q-1;;5*+1/p-4. The first-order valence-electron chi connectivity index (χ1n) is 17.0. The molecule has 33 heteroatoms. The van der Waals surface area contributed by atoms with Crippen molar-refractivity contribution in [2.45, 2.75) is 29.6 Å². The molecule has 0 saturated heterocycles. The number of hydrogen-bond donors (Lipinski definition) is 3. The number of aryl methyl sites for hydroxylation is 1. The molecule has 0 aromatic heterocycles. The van der Waals surface area contributed by atoms with Crippen LogP contribution in [0.2, 0.25) is 0 Å². The Labute approximate surface area is 500 Å². The van der Waals surface area contributed by atoms with E-state index in [0.29, 0.717) is 17.7 Å². The summed E-state index contributed by atoms with van der Waals surface area (Å²) < 4.78 is 80.1. The van der Waals surface area contributed by atoms with Gasteiger partial charge in [-0.1, -0.05) is 0 Å². The van der Waals surface area contributed by atoms with Crippen molar-refractivity contribution < 1.29 is 223 Å². The van der Waals surface area contributed by atoms with Crippen molar-refractivity contribution in [2.24, 2.45) is 30.7 Å². The molecule has 0 aliphatic heterocycles. The number of fused-ring (bicyclic) bond motifs is 1. The van der Waals surface area contributed by atoms with Crippen LogP contribution >= 0.6 is 0 Å². The molecule has 0 heterocycles. The summed E-state index contributed by atoms with van der Waals surface area (Å²) in [5, 5.41) is 68.8. The summed E-state index contributed by atoms with van der Waals surface area (Å²) in [6.07, 6.45) is -0.932. The minimum Gasteiger partial charge on any atom is -0.744 e. The number of amides is 1. The Kier molecular flexibility index (Phi) is 29.2. The second-order valence-electron chi connectivity index (χ2n) is 12.4. The van der Waals surface area contributed by atoms with E-state index in [1.165, 1.54) is 37.4 Å². The van der Waals surface area contributed by atoms with Crippen molar-refractivity contribution in [1.29, 1.82) is 0 Å². The van der Waals surface area contributed by atoms with Crippen molar-refractivity contribution in [3.05, 3.63) is 88.0 Å². The molecule has 0 atom stereocenters. The number of nitrogen functional groups attached to an aromatic ring is 1. The largest absolute Gasteiger partial charge is 1.00 e. The number of phenols is 1. The van der Waals surface area contributed by atoms with Crippen LogP contribution in [0.4, 0.5) is 51.2 Å². The molecule has 69 heavy (non-hydrogen) atoms. The van der Waals surface area contributed by atoms with Crippen LogP contribution in [0.15, 0.2) is 101 Å². The summed E-state index contributed by atoms with van der Waals surface area (Å²) in [5.41, 5.74) is 2.65. The first-order chi connectivity index (χ1) is 30.0. The van der Waals surface area contributed by atoms with Gasteiger partial charge in [0.15, 0.2) is 11.4 Å². The Bertz CT molecular complexity index is 3120. The summed E-state index contributed by atoms with van der Waals surface area (Å²) in [7, 11) is -10.1. The van der Waals surface area contributed by atoms with E-state index in [1.54, 1.807) is 6.92 Å². The molecule has 5 rings (SSSR count). The van der Waals surface area contributed by atoms with E-state index in [2.05, 4.69) is 42.1 Å². The number of benzene rings is 5. The van der Waals surface area contributed by atoms with Gasteiger partial charge in [-0.15, -0.1) is 32.1 Å². The van der Waals surface area contributed by atoms with Gasteiger partial charge in [-0.2, -0.15) is 32.9 Å². The minimum atomic E-state index is -5.71. The third kappa shape index (κ3) is 18.3. The minimum absolute atomic E-state index is 0. The topological polar surface area (TPSA) is 431 Å². The summed E-state index contributed by atoms with van der Waals surface area (Å²) in [5.74, 6) is -5.15. The number of aromatic hydroxyl groups is 1. The number of carboxylic acids is 2. The van der Waals surface area contributed by atoms with Crippen molar-refractivity contribution in [2.75, 3.05) is 18.2 Å². The van der Waals surface area contributed by atoms with Gasteiger partial charge in [-0.25, -0.2) is 21.9 Å². The van der Waals surface area contributed by atoms with Crippen molar-refractivity contribution in [3.8, 4) is 11.5 Å². The summed E-state index contributed by atoms with van der Waals surface area (Å²) in [6.45, 7) is 1.57. The van der Waals surface area contributed by atoms with Gasteiger partial charge < -0.3 is 49.8 Å². The number of carbonyl (C=O) groups is 3. The van der Waals surface area contributed by atoms with Crippen molar-refractivity contribution in [3.63, 3.8) is 0 Å². The number of nitrogens with two attached hydrogens (primary N) is 1. The number of aromatic carboxylic acids is 1. The van der Waals surface area contributed by atoms with Gasteiger partial charge in [0.1, 0.15) is 43.0 Å². The molecule has 0 saturated carbocycles. The fraction of sp³-hybridized carbons (Fsp3) is 0.111. The number of phenolic OH excluding ortho intramolecular Hbond substituents is 1. The van der Waals surface area contributed by atoms with E-state index >= 15 is 0 Å². The maximum atomic E-state index is 12.5. The quantitative estimate of drug-likeness (QED) is 0.0167. The third-order valence-corrected chi connectivity index (χ3v) is 9.90. The van der Waals surface area contributed by atoms with Gasteiger partial charge in [0.25, 0.3) is 5.69 Å². The number of aliphatic carboxylic acids is 1. The molecule has 5 aromatic carbocycles. The predicted octanol–water partition coefficient (Wildman–Crippen LogP) is -11.5. The van der Waals surface area contributed by atoms with Crippen LogP contribution in [-0.4, -0.2) is 67.1 Å². The molecule has 26 nitrogen and oxygen atoms in total. The second-order valence-corrected chi connectivity index (χ2v) is 15.0. The Morgan fingerprint density at radius 3 is 1.93 bits per heavy atom. The fourth-order valence-electron chi connectivity index (χ4n) is 5.33. The first-order valence-corrected chi connectivity index (χ1v) is 19.8. The maximum Gasteiger partial charge on any atom is 1.00 e. The average molecular weight is 1030 g/mol. The first kappa shape index (κ1) is 67.6. The van der Waals surface area contributed by atoms with Crippen LogP contribution < -0.4 is 174 Å². The fourth-order valence-corrected chi connectivity index (χ4v) is 6.65. The average Bonchev–Trinajstić information content (AvgIpc) is 3.21. The molecule has 0 spiro atoms. The third-order valence-electron chi connectivity index (χ3n) is 8.17. The molecule has 0 aliphatic carbocycles. The van der Waals surface area contributed by atoms with Gasteiger partial charge in [-0.05, 0) is 54.9 Å². The Morgan fingerprint density at radius 2 is 1.38 bits per heavy atom. The van der Waals surface area contributed by atoms with Crippen LogP contribution in [0.3, 0.4) is 0 Å². The zero-order valence-corrected chi connectivity index (χ0v) is 48.8. The number of azo groups is 3. The summed E-state index contributed by atoms with van der Waals surface area (Å²) >= 11 is 0. The van der Waals surface area contributed by atoms with E-state index in [0.717, 1.165) is 18.2 Å². The number of carboxylic acid groups (broad SMARTS) is 2. The summed E-state index contributed by atoms with van der Waals surface area (Å²) in [4.78, 5) is 58.3. The Hall–Kier alpha value is -3.43. The normalized spacial score (nSPS) is 10.8. The smallest absolute Gasteiger partial charge is 0.744 e. The molecule has 4 N–H and O–H groups in total. The van der Waals surface area contributed by atoms with Crippen LogP contribution in [0.5, 0.6) is 11.5 Å². The van der Waals surface area contributed by atoms with Gasteiger partial charge in [0.2, 0.25) is 5.91 Å². The van der Waals surface area contributed by atoms with Crippen LogP contribution in [0.1, 0.15) is 28.8 Å². The zero-order chi connectivity index (χ0) is 47.7. The van der Waals surface area contributed by atoms with Crippen LogP contribution in [-0.2, 0) is 39.4 Å². The Morgan fingerprint density at radius 1 is 0.797 bits per heavy atom. The number of rotatable bonds is 15. The number of nitro groups is 1. The summed E-state index contributed by atoms with van der Waals surface area (Å²) in [6, 6.07) is 12.8. The molecular weight excluding hydrogens is 1010 g/mol. The number of nitrogens with one attached hydrogen (secondary N) is 1. The van der Waals surface area contributed by atoms with E-state index in [9.17, 15) is 65.8 Å². The molecule has 0 bridgehead atoms. The second kappa shape index (κ2) is 29.8. The number of carbonyl (C=O) groups excluding carboxylic acids is 5. The molecule has 0 unspecified atom stereocenters. The monoisotopic (exact) mass is 1030 g/mol. The number of anilines is 2. The van der Waals surface area contributed by atoms with Crippen LogP contribution in [0.25, 0.3) is 10.8 Å². The molecule has 0 fully saturated rings. The van der Waals surface area contributed by atoms with Gasteiger partial charge in [0.05, 0.1) is 38.6 Å². The predicted molar refractivity (Wildman–Crippen MR) is 207 cm³/mol. The zero-order valence-electron chi connectivity index (χ0n) is 37.2. The number of hydrogen-bond acceptors (Lipinski definition) is 24. The molecule has 332 valence electrons. The molecule has 0 radical (unpaired) electrons. The molecule has 0 aliphatic rings. The molecule has 5 aromatic rings. The van der Waals surface area contributed by atoms with E-state index in [-0.39, 0.29) is 188 Å². The van der Waals surface area contributed by atoms with Crippen molar-refractivity contribution in [1.82, 2.24) is 0 Å². The van der Waals surface area contributed by atoms with E-state index in [1.807, 2.05) is 0 Å². The maximum absolute atomic E-state index is 12.5. The Balaban J connectivity index is 0. The van der Waals surface area contributed by atoms with Gasteiger partial charge in [-0.3, -0.25) is 14.9 Å². The number of nitrogens with zero attached hydrogens (tertiary/aromatic N) is 7. The van der Waals surface area contributed by atoms with Crippen molar-refractivity contribution >= 4 is 106 Å². The SMILES string of the molecule is COc1cc(N=Nc2c[c-]cc(C(=O)[O-])c2)c(C)cc1N=Nc1cc(S(=O)(=O)[O-])c2cc(S(=O)(=O)[O-])c(N=Nc3ccc(NC(=O)CCC(=O)[O-])cc3[N+](=O)[O-])c(O)c2c1N.O=C=O.[Na+].[Na+].[Na+].[Na+].[Na+]. The van der Waals surface area contributed by atoms with Gasteiger partial charge >= 0.3 is 154 Å². The molecular formula is C36H24N9Na5O17S2. The van der Waals surface area contributed by atoms with E-state index < -0.39 is 111 Å². The molecule has 1 amide bonds. The number of methoxy groups -OCH3 is 1. The number of nitro benzene ring substituents is 1. The number of ether oxygens (including phenoxy) is 1. The van der Waals surface area contributed by atoms with E-state index in [4.69, 9.17) is 20.1 Å².